The van der Waals surface area contributed by atoms with Crippen LogP contribution in [0.25, 0.3) is 11.4 Å². The van der Waals surface area contributed by atoms with Gasteiger partial charge < -0.3 is 10.1 Å². The summed E-state index contributed by atoms with van der Waals surface area (Å²) in [5.41, 5.74) is 3.12. The monoisotopic (exact) mass is 399 g/mol. The van der Waals surface area contributed by atoms with Crippen molar-refractivity contribution in [1.82, 2.24) is 19.7 Å². The molecule has 2 aromatic heterocycles. The number of para-hydroxylation sites is 1. The van der Waals surface area contributed by atoms with Crippen LogP contribution in [0.4, 0.5) is 5.95 Å². The first-order valence-corrected chi connectivity index (χ1v) is 9.51. The van der Waals surface area contributed by atoms with Gasteiger partial charge in [0.05, 0.1) is 7.11 Å². The van der Waals surface area contributed by atoms with E-state index in [0.717, 1.165) is 22.4 Å². The largest absolute Gasteiger partial charge is 0.496 e. The number of aromatic nitrogens is 4. The van der Waals surface area contributed by atoms with Gasteiger partial charge in [0, 0.05) is 35.6 Å². The number of methoxy groups -OCH3 is 1. The maximum absolute atomic E-state index is 13.2. The van der Waals surface area contributed by atoms with E-state index in [1.54, 1.807) is 31.6 Å². The third-order valence-corrected chi connectivity index (χ3v) is 4.72. The Morgan fingerprint density at radius 3 is 2.63 bits per heavy atom. The summed E-state index contributed by atoms with van der Waals surface area (Å²) in [6.07, 6.45) is 3.35. The van der Waals surface area contributed by atoms with Crippen LogP contribution in [0.15, 0.2) is 73.1 Å². The number of pyridine rings is 1. The molecule has 0 saturated carbocycles. The third kappa shape index (κ3) is 3.91. The molecule has 7 heteroatoms. The van der Waals surface area contributed by atoms with E-state index in [0.29, 0.717) is 23.9 Å². The van der Waals surface area contributed by atoms with E-state index in [4.69, 9.17) is 4.74 Å². The van der Waals surface area contributed by atoms with Gasteiger partial charge in [0.1, 0.15) is 5.75 Å². The van der Waals surface area contributed by atoms with Crippen molar-refractivity contribution in [2.75, 3.05) is 12.4 Å². The molecule has 0 saturated heterocycles. The molecule has 0 atom stereocenters. The number of hydrogen-bond acceptors (Lipinski definition) is 6. The summed E-state index contributed by atoms with van der Waals surface area (Å²) in [5, 5.41) is 7.71. The molecule has 30 heavy (non-hydrogen) atoms. The molecule has 0 unspecified atom stereocenters. The van der Waals surface area contributed by atoms with Crippen molar-refractivity contribution in [2.45, 2.75) is 13.5 Å². The highest BCUT2D eigenvalue weighted by atomic mass is 16.5. The lowest BCUT2D eigenvalue weighted by molar-refractivity contribution is 0.0947. The average Bonchev–Trinajstić information content (AvgIpc) is 3.22. The number of rotatable bonds is 6. The minimum Gasteiger partial charge on any atom is -0.496 e. The molecule has 1 N–H and O–H groups in total. The van der Waals surface area contributed by atoms with Crippen molar-refractivity contribution >= 4 is 11.9 Å². The number of aryl methyl sites for hydroxylation is 1. The van der Waals surface area contributed by atoms with Crippen molar-refractivity contribution in [3.63, 3.8) is 0 Å². The number of hydrogen-bond donors (Lipinski definition) is 1. The second kappa shape index (κ2) is 8.57. The number of nitrogens with one attached hydrogen (secondary N) is 1. The topological polar surface area (TPSA) is 81.9 Å². The molecule has 2 heterocycles. The molecule has 0 aliphatic carbocycles. The van der Waals surface area contributed by atoms with E-state index in [1.807, 2.05) is 55.5 Å². The molecule has 2 aromatic carbocycles. The third-order valence-electron chi connectivity index (χ3n) is 4.72. The van der Waals surface area contributed by atoms with Crippen LogP contribution < -0.4 is 10.1 Å². The van der Waals surface area contributed by atoms with Crippen LogP contribution in [0.5, 0.6) is 5.75 Å². The van der Waals surface area contributed by atoms with Gasteiger partial charge >= 0.3 is 0 Å². The Labute approximate surface area is 174 Å². The van der Waals surface area contributed by atoms with Gasteiger partial charge in [-0.05, 0) is 36.8 Å². The Balaban J connectivity index is 1.71. The Bertz CT molecular complexity index is 1170. The van der Waals surface area contributed by atoms with Gasteiger partial charge in [-0.2, -0.15) is 9.67 Å². The highest BCUT2D eigenvalue weighted by Gasteiger charge is 2.20. The van der Waals surface area contributed by atoms with Gasteiger partial charge in [0.25, 0.3) is 5.91 Å². The van der Waals surface area contributed by atoms with E-state index in [1.165, 1.54) is 4.68 Å². The zero-order valence-corrected chi connectivity index (χ0v) is 16.7. The predicted octanol–water partition coefficient (Wildman–Crippen LogP) is 3.96. The summed E-state index contributed by atoms with van der Waals surface area (Å²) in [6.45, 7) is 2.32. The fourth-order valence-corrected chi connectivity index (χ4v) is 3.14. The van der Waals surface area contributed by atoms with Gasteiger partial charge in [0.2, 0.25) is 5.95 Å². The van der Waals surface area contributed by atoms with Gasteiger partial charge in [-0.15, -0.1) is 5.10 Å². The van der Waals surface area contributed by atoms with E-state index in [9.17, 15) is 4.79 Å². The van der Waals surface area contributed by atoms with E-state index >= 15 is 0 Å². The Morgan fingerprint density at radius 2 is 1.87 bits per heavy atom. The van der Waals surface area contributed by atoms with Gasteiger partial charge in [-0.25, -0.2) is 0 Å². The molecule has 4 aromatic rings. The first-order chi connectivity index (χ1) is 14.7. The standard InChI is InChI=1S/C23H21N5O2/c1-16-8-3-5-11-19(16)22(29)28-23(25-15-17-9-4-6-12-20(17)30-2)26-21(27-28)18-10-7-13-24-14-18/h3-14H,15H2,1-2H3,(H,25,26,27). The van der Waals surface area contributed by atoms with Crippen LogP contribution in [-0.2, 0) is 6.54 Å². The number of anilines is 1. The summed E-state index contributed by atoms with van der Waals surface area (Å²) in [4.78, 5) is 21.9. The number of nitrogens with zero attached hydrogens (tertiary/aromatic N) is 4. The summed E-state index contributed by atoms with van der Waals surface area (Å²) < 4.78 is 6.72. The van der Waals surface area contributed by atoms with Gasteiger partial charge in [0.15, 0.2) is 5.82 Å². The van der Waals surface area contributed by atoms with Crippen LogP contribution in [0.2, 0.25) is 0 Å². The second-order valence-corrected chi connectivity index (χ2v) is 6.70. The number of ether oxygens (including phenoxy) is 1. The Kier molecular flexibility index (Phi) is 5.52. The van der Waals surface area contributed by atoms with Crippen LogP contribution in [-0.4, -0.2) is 32.8 Å². The Morgan fingerprint density at radius 1 is 1.07 bits per heavy atom. The zero-order valence-electron chi connectivity index (χ0n) is 16.7. The molecule has 0 aliphatic heterocycles. The zero-order chi connectivity index (χ0) is 20.9. The molecule has 0 fully saturated rings. The minimum atomic E-state index is -0.252. The molecule has 0 aliphatic rings. The quantitative estimate of drug-likeness (QED) is 0.529. The molecule has 4 rings (SSSR count). The van der Waals surface area contributed by atoms with E-state index in [-0.39, 0.29) is 5.91 Å². The van der Waals surface area contributed by atoms with Gasteiger partial charge in [-0.3, -0.25) is 9.78 Å². The molecule has 7 nitrogen and oxygen atoms in total. The lowest BCUT2D eigenvalue weighted by Crippen LogP contribution is -2.18. The van der Waals surface area contributed by atoms with E-state index < -0.39 is 0 Å². The van der Waals surface area contributed by atoms with Crippen molar-refractivity contribution in [1.29, 1.82) is 0 Å². The molecule has 0 bridgehead atoms. The van der Waals surface area contributed by atoms with Gasteiger partial charge in [-0.1, -0.05) is 36.4 Å². The second-order valence-electron chi connectivity index (χ2n) is 6.70. The molecule has 0 spiro atoms. The van der Waals surface area contributed by atoms with Crippen molar-refractivity contribution in [2.24, 2.45) is 0 Å². The molecule has 150 valence electrons. The summed E-state index contributed by atoms with van der Waals surface area (Å²) in [7, 11) is 1.63. The molecular weight excluding hydrogens is 378 g/mol. The number of carbonyl (C=O) groups is 1. The van der Waals surface area contributed by atoms with Crippen LogP contribution in [0.3, 0.4) is 0 Å². The maximum atomic E-state index is 13.2. The fourth-order valence-electron chi connectivity index (χ4n) is 3.14. The summed E-state index contributed by atoms with van der Waals surface area (Å²) in [6, 6.07) is 18.8. The maximum Gasteiger partial charge on any atom is 0.281 e. The highest BCUT2D eigenvalue weighted by Crippen LogP contribution is 2.22. The molecular formula is C23H21N5O2. The van der Waals surface area contributed by atoms with Crippen LogP contribution >= 0.6 is 0 Å². The van der Waals surface area contributed by atoms with Crippen molar-refractivity contribution in [3.05, 3.63) is 89.7 Å². The van der Waals surface area contributed by atoms with Crippen LogP contribution in [0, 0.1) is 6.92 Å². The molecule has 0 radical (unpaired) electrons. The fraction of sp³-hybridized carbons (Fsp3) is 0.130. The lowest BCUT2D eigenvalue weighted by atomic mass is 10.1. The van der Waals surface area contributed by atoms with Crippen molar-refractivity contribution < 1.29 is 9.53 Å². The normalized spacial score (nSPS) is 10.6. The number of benzene rings is 2. The summed E-state index contributed by atoms with van der Waals surface area (Å²) >= 11 is 0. The Hall–Kier alpha value is -4.00. The first-order valence-electron chi connectivity index (χ1n) is 9.51. The van der Waals surface area contributed by atoms with Crippen LogP contribution in [0.1, 0.15) is 21.5 Å². The average molecular weight is 399 g/mol. The predicted molar refractivity (Wildman–Crippen MR) is 114 cm³/mol. The van der Waals surface area contributed by atoms with Crippen molar-refractivity contribution in [3.8, 4) is 17.1 Å². The van der Waals surface area contributed by atoms with E-state index in [2.05, 4.69) is 20.4 Å². The molecule has 0 amide bonds. The SMILES string of the molecule is COc1ccccc1CNc1nc(-c2cccnc2)nn1C(=O)c1ccccc1C. The highest BCUT2D eigenvalue weighted by molar-refractivity contribution is 5.98. The first kappa shape index (κ1) is 19.3. The lowest BCUT2D eigenvalue weighted by Gasteiger charge is -2.11. The minimum absolute atomic E-state index is 0.252. The number of carbonyl (C=O) groups excluding carboxylic acids is 1. The smallest absolute Gasteiger partial charge is 0.281 e. The summed E-state index contributed by atoms with van der Waals surface area (Å²) in [5.74, 6) is 1.28.